The van der Waals surface area contributed by atoms with E-state index in [2.05, 4.69) is 33.0 Å². The van der Waals surface area contributed by atoms with E-state index < -0.39 is 0 Å². The molecule has 0 aromatic heterocycles. The van der Waals surface area contributed by atoms with E-state index >= 15 is 0 Å². The lowest BCUT2D eigenvalue weighted by atomic mass is 9.90. The predicted molar refractivity (Wildman–Crippen MR) is 72.7 cm³/mol. The molecule has 0 saturated heterocycles. The van der Waals surface area contributed by atoms with Crippen LogP contribution in [0.4, 0.5) is 0 Å². The van der Waals surface area contributed by atoms with Gasteiger partial charge >= 0.3 is 0 Å². The molecule has 1 aliphatic rings. The van der Waals surface area contributed by atoms with Crippen LogP contribution in [0.15, 0.2) is 0 Å². The summed E-state index contributed by atoms with van der Waals surface area (Å²) in [4.78, 5) is 0. The van der Waals surface area contributed by atoms with E-state index in [4.69, 9.17) is 0 Å². The maximum absolute atomic E-state index is 3.74. The first-order valence-electron chi connectivity index (χ1n) is 7.22. The highest BCUT2D eigenvalue weighted by Crippen LogP contribution is 2.25. The summed E-state index contributed by atoms with van der Waals surface area (Å²) in [6.45, 7) is 10.5. The first-order valence-corrected chi connectivity index (χ1v) is 7.22. The Kier molecular flexibility index (Phi) is 5.82. The molecule has 1 rings (SSSR count). The van der Waals surface area contributed by atoms with Gasteiger partial charge in [-0.15, -0.1) is 0 Å². The smallest absolute Gasteiger partial charge is 0.00670 e. The van der Waals surface area contributed by atoms with Crippen LogP contribution in [-0.4, -0.2) is 12.6 Å². The number of rotatable bonds is 4. The van der Waals surface area contributed by atoms with Gasteiger partial charge in [0.15, 0.2) is 0 Å². The fourth-order valence-corrected chi connectivity index (χ4v) is 2.65. The van der Waals surface area contributed by atoms with E-state index in [-0.39, 0.29) is 0 Å². The summed E-state index contributed by atoms with van der Waals surface area (Å²) in [6, 6.07) is 0.723. The molecule has 0 aromatic rings. The van der Waals surface area contributed by atoms with Gasteiger partial charge in [-0.3, -0.25) is 0 Å². The summed E-state index contributed by atoms with van der Waals surface area (Å²) in [7, 11) is 0. The number of hydrogen-bond acceptors (Lipinski definition) is 1. The van der Waals surface area contributed by atoms with Crippen LogP contribution in [0.25, 0.3) is 0 Å². The molecule has 0 unspecified atom stereocenters. The molecule has 1 aliphatic carbocycles. The molecule has 16 heavy (non-hydrogen) atoms. The van der Waals surface area contributed by atoms with Gasteiger partial charge in [-0.2, -0.15) is 0 Å². The second-order valence-corrected chi connectivity index (χ2v) is 6.81. The fourth-order valence-electron chi connectivity index (χ4n) is 2.65. The van der Waals surface area contributed by atoms with Crippen molar-refractivity contribution >= 4 is 0 Å². The molecular formula is C15H31N. The van der Waals surface area contributed by atoms with Crippen LogP contribution < -0.4 is 5.32 Å². The summed E-state index contributed by atoms with van der Waals surface area (Å²) < 4.78 is 0. The average molecular weight is 225 g/mol. The molecule has 1 nitrogen and oxygen atoms in total. The van der Waals surface area contributed by atoms with E-state index in [1.54, 1.807) is 0 Å². The topological polar surface area (TPSA) is 12.0 Å². The van der Waals surface area contributed by atoms with Gasteiger partial charge in [0.1, 0.15) is 0 Å². The lowest BCUT2D eigenvalue weighted by Crippen LogP contribution is -2.35. The van der Waals surface area contributed by atoms with E-state index in [1.165, 1.54) is 51.5 Å². The maximum Gasteiger partial charge on any atom is 0.00670 e. The summed E-state index contributed by atoms with van der Waals surface area (Å²) in [6.07, 6.45) is 10.0. The van der Waals surface area contributed by atoms with Crippen LogP contribution in [0.3, 0.4) is 0 Å². The zero-order chi connectivity index (χ0) is 12.0. The van der Waals surface area contributed by atoms with Crippen LogP contribution in [-0.2, 0) is 0 Å². The molecule has 0 spiro atoms. The normalized spacial score (nSPS) is 21.8. The van der Waals surface area contributed by atoms with Crippen molar-refractivity contribution in [1.82, 2.24) is 5.32 Å². The zero-order valence-electron chi connectivity index (χ0n) is 11.8. The van der Waals surface area contributed by atoms with Crippen molar-refractivity contribution in [1.29, 1.82) is 0 Å². The van der Waals surface area contributed by atoms with Gasteiger partial charge in [0, 0.05) is 6.04 Å². The van der Waals surface area contributed by atoms with Crippen LogP contribution in [0, 0.1) is 11.3 Å². The van der Waals surface area contributed by atoms with E-state index in [9.17, 15) is 0 Å². The summed E-state index contributed by atoms with van der Waals surface area (Å²) in [5, 5.41) is 3.74. The third kappa shape index (κ3) is 5.89. The van der Waals surface area contributed by atoms with Gasteiger partial charge < -0.3 is 5.32 Å². The first-order chi connectivity index (χ1) is 7.49. The van der Waals surface area contributed by atoms with E-state index in [1.807, 2.05) is 0 Å². The monoisotopic (exact) mass is 225 g/mol. The second kappa shape index (κ2) is 6.64. The molecule has 0 aliphatic heterocycles. The molecule has 0 aromatic carbocycles. The third-order valence-electron chi connectivity index (χ3n) is 3.95. The van der Waals surface area contributed by atoms with Gasteiger partial charge in [0.25, 0.3) is 0 Å². The molecule has 1 N–H and O–H groups in total. The Bertz CT molecular complexity index is 172. The van der Waals surface area contributed by atoms with Crippen LogP contribution in [0.5, 0.6) is 0 Å². The molecule has 1 saturated carbocycles. The quantitative estimate of drug-likeness (QED) is 0.701. The number of nitrogens with one attached hydrogen (secondary N) is 1. The minimum atomic E-state index is 0.468. The lowest BCUT2D eigenvalue weighted by Gasteiger charge is -2.26. The fraction of sp³-hybridized carbons (Fsp3) is 1.00. The van der Waals surface area contributed by atoms with Crippen LogP contribution in [0.2, 0.25) is 0 Å². The first kappa shape index (κ1) is 14.0. The predicted octanol–water partition coefficient (Wildman–Crippen LogP) is 4.37. The Morgan fingerprint density at radius 3 is 2.12 bits per heavy atom. The molecule has 1 atom stereocenters. The highest BCUT2D eigenvalue weighted by atomic mass is 14.9. The van der Waals surface area contributed by atoms with Crippen LogP contribution in [0.1, 0.15) is 72.6 Å². The van der Waals surface area contributed by atoms with Crippen molar-refractivity contribution in [3.63, 3.8) is 0 Å². The molecule has 0 radical (unpaired) electrons. The Morgan fingerprint density at radius 2 is 1.62 bits per heavy atom. The summed E-state index contributed by atoms with van der Waals surface area (Å²) in [5.41, 5.74) is 0.468. The Balaban J connectivity index is 2.20. The van der Waals surface area contributed by atoms with Gasteiger partial charge in [-0.1, -0.05) is 46.5 Å². The maximum atomic E-state index is 3.74. The van der Waals surface area contributed by atoms with Gasteiger partial charge in [0.2, 0.25) is 0 Å². The Hall–Kier alpha value is -0.0400. The SMILES string of the molecule is C[C@@H](NCCC(C)(C)C)C1CCCCCC1. The molecule has 1 fully saturated rings. The minimum Gasteiger partial charge on any atom is -0.314 e. The number of hydrogen-bond donors (Lipinski definition) is 1. The molecule has 0 heterocycles. The highest BCUT2D eigenvalue weighted by Gasteiger charge is 2.19. The third-order valence-corrected chi connectivity index (χ3v) is 3.95. The van der Waals surface area contributed by atoms with Crippen molar-refractivity contribution in [3.8, 4) is 0 Å². The highest BCUT2D eigenvalue weighted by molar-refractivity contribution is 4.75. The lowest BCUT2D eigenvalue weighted by molar-refractivity contribution is 0.306. The van der Waals surface area contributed by atoms with Gasteiger partial charge in [0.05, 0.1) is 0 Å². The molecule has 0 bridgehead atoms. The molecule has 96 valence electrons. The van der Waals surface area contributed by atoms with Crippen molar-refractivity contribution in [2.24, 2.45) is 11.3 Å². The van der Waals surface area contributed by atoms with E-state index in [0.717, 1.165) is 12.0 Å². The second-order valence-electron chi connectivity index (χ2n) is 6.81. The summed E-state index contributed by atoms with van der Waals surface area (Å²) >= 11 is 0. The van der Waals surface area contributed by atoms with Crippen molar-refractivity contribution in [2.45, 2.75) is 78.7 Å². The van der Waals surface area contributed by atoms with Gasteiger partial charge in [-0.05, 0) is 44.1 Å². The van der Waals surface area contributed by atoms with Crippen molar-refractivity contribution in [3.05, 3.63) is 0 Å². The summed E-state index contributed by atoms with van der Waals surface area (Å²) in [5.74, 6) is 0.933. The van der Waals surface area contributed by atoms with Crippen LogP contribution >= 0.6 is 0 Å². The Labute approximate surface area is 102 Å². The standard InChI is InChI=1S/C15H31N/c1-13(16-12-11-15(2,3)4)14-9-7-5-6-8-10-14/h13-14,16H,5-12H2,1-4H3/t13-/m1/s1. The van der Waals surface area contributed by atoms with Crippen molar-refractivity contribution < 1.29 is 0 Å². The van der Waals surface area contributed by atoms with E-state index in [0.29, 0.717) is 5.41 Å². The van der Waals surface area contributed by atoms with Gasteiger partial charge in [-0.25, -0.2) is 0 Å². The zero-order valence-corrected chi connectivity index (χ0v) is 11.8. The average Bonchev–Trinajstić information content (AvgIpc) is 2.43. The molecule has 1 heteroatoms. The Morgan fingerprint density at radius 1 is 1.06 bits per heavy atom. The molecular weight excluding hydrogens is 194 g/mol. The molecule has 0 amide bonds. The largest absolute Gasteiger partial charge is 0.314 e. The van der Waals surface area contributed by atoms with Crippen molar-refractivity contribution in [2.75, 3.05) is 6.54 Å². The minimum absolute atomic E-state index is 0.468.